The first-order valence-electron chi connectivity index (χ1n) is 23.7. The van der Waals surface area contributed by atoms with Crippen LogP contribution in [0.5, 0.6) is 17.2 Å². The fourth-order valence-corrected chi connectivity index (χ4v) is 10.1. The Kier molecular flexibility index (Phi) is 15.9. The highest BCUT2D eigenvalue weighted by Crippen LogP contribution is 2.40. The van der Waals surface area contributed by atoms with Gasteiger partial charge in [0.1, 0.15) is 29.0 Å². The van der Waals surface area contributed by atoms with Gasteiger partial charge < -0.3 is 19.9 Å². The van der Waals surface area contributed by atoms with Gasteiger partial charge in [-0.2, -0.15) is 25.6 Å². The third kappa shape index (κ3) is 11.8. The van der Waals surface area contributed by atoms with E-state index in [1.54, 1.807) is 54.6 Å². The molecule has 6 aromatic rings. The first kappa shape index (κ1) is 53.0. The van der Waals surface area contributed by atoms with Gasteiger partial charge in [-0.15, -0.1) is 0 Å². The summed E-state index contributed by atoms with van der Waals surface area (Å²) in [6.07, 6.45) is 3.13. The number of hydrogen-bond acceptors (Lipinski definition) is 13. The summed E-state index contributed by atoms with van der Waals surface area (Å²) in [7, 11) is -7.57. The highest BCUT2D eigenvalue weighted by atomic mass is 32.2. The highest BCUT2D eigenvalue weighted by Gasteiger charge is 2.38. The van der Waals surface area contributed by atoms with Gasteiger partial charge in [-0.05, 0) is 103 Å². The predicted molar refractivity (Wildman–Crippen MR) is 282 cm³/mol. The molecular formula is C54H58N8O9S2. The number of hydrogen-bond donors (Lipinski definition) is 4. The molecule has 1 aliphatic heterocycles. The van der Waals surface area contributed by atoms with Crippen molar-refractivity contribution in [3.63, 3.8) is 0 Å². The average molecular weight is 1030 g/mol. The number of methoxy groups -OCH3 is 1. The lowest BCUT2D eigenvalue weighted by atomic mass is 9.76. The largest absolute Gasteiger partial charge is 0.506 e. The molecule has 6 aromatic carbocycles. The lowest BCUT2D eigenvalue weighted by molar-refractivity contribution is -0.117. The summed E-state index contributed by atoms with van der Waals surface area (Å²) in [6, 6.07) is 31.8. The number of ether oxygens (including phenoxy) is 2. The van der Waals surface area contributed by atoms with Crippen molar-refractivity contribution in [2.75, 3.05) is 34.7 Å². The number of para-hydroxylation sites is 1. The molecule has 4 N–H and O–H groups in total. The van der Waals surface area contributed by atoms with Crippen molar-refractivity contribution < 1.29 is 41.0 Å². The second kappa shape index (κ2) is 21.9. The Hall–Kier alpha value is -7.82. The molecule has 0 spiro atoms. The third-order valence-corrected chi connectivity index (χ3v) is 15.8. The Morgan fingerprint density at radius 2 is 1.47 bits per heavy atom. The molecule has 0 aliphatic carbocycles. The van der Waals surface area contributed by atoms with Gasteiger partial charge in [-0.3, -0.25) is 19.0 Å². The quantitative estimate of drug-likeness (QED) is 0.0302. The Morgan fingerprint density at radius 1 is 0.795 bits per heavy atom. The molecule has 1 heterocycles. The van der Waals surface area contributed by atoms with Crippen molar-refractivity contribution in [2.45, 2.75) is 93.9 Å². The number of azo groups is 1. The van der Waals surface area contributed by atoms with Crippen LogP contribution in [0.15, 0.2) is 146 Å². The van der Waals surface area contributed by atoms with Crippen LogP contribution in [0.4, 0.5) is 22.7 Å². The SMILES string of the molecule is CCC(C)(C)c1ccc(OCCCCNC(=O)c2cc(NS(=O)(=O)c3cccc(NS(=O)(=O)c4ccc(OC)c(N=NC5C(=O)N(c6ccccc6)N=C5C#N)c4)c3)c3ccccc3c2O)c(C(C)(C)CC)c1. The predicted octanol–water partition coefficient (Wildman–Crippen LogP) is 10.5. The van der Waals surface area contributed by atoms with Gasteiger partial charge in [0.2, 0.25) is 6.04 Å². The minimum absolute atomic E-state index is 0.00255. The summed E-state index contributed by atoms with van der Waals surface area (Å²) in [5, 5.41) is 37.6. The number of phenols is 1. The molecule has 1 aliphatic rings. The maximum atomic E-state index is 14.1. The van der Waals surface area contributed by atoms with E-state index in [0.29, 0.717) is 30.5 Å². The summed E-state index contributed by atoms with van der Waals surface area (Å²) in [4.78, 5) is 26.2. The number of phenolic OH excluding ortho intramolecular Hbond substituents is 1. The van der Waals surface area contributed by atoms with Gasteiger partial charge in [-0.1, -0.05) is 102 Å². The summed E-state index contributed by atoms with van der Waals surface area (Å²) < 4.78 is 72.3. The number of carbonyl (C=O) groups excluding carboxylic acids is 2. The average Bonchev–Trinajstić information content (AvgIpc) is 3.71. The van der Waals surface area contributed by atoms with E-state index in [-0.39, 0.29) is 72.4 Å². The highest BCUT2D eigenvalue weighted by molar-refractivity contribution is 7.93. The van der Waals surface area contributed by atoms with Crippen LogP contribution in [-0.4, -0.2) is 65.8 Å². The van der Waals surface area contributed by atoms with E-state index in [4.69, 9.17) is 9.47 Å². The number of hydrazone groups is 1. The molecule has 0 fully saturated rings. The second-order valence-corrected chi connectivity index (χ2v) is 22.0. The molecule has 1 atom stereocenters. The van der Waals surface area contributed by atoms with Crippen LogP contribution in [-0.2, 0) is 35.7 Å². The number of nitrogens with zero attached hydrogens (tertiary/aromatic N) is 5. The number of sulfonamides is 2. The Bertz CT molecular complexity index is 3390. The molecule has 1 unspecified atom stereocenters. The molecule has 19 heteroatoms. The number of anilines is 3. The van der Waals surface area contributed by atoms with Crippen LogP contribution in [0, 0.1) is 11.3 Å². The van der Waals surface area contributed by atoms with E-state index in [2.05, 4.69) is 89.8 Å². The van der Waals surface area contributed by atoms with Gasteiger partial charge in [0.25, 0.3) is 31.9 Å². The van der Waals surface area contributed by atoms with Crippen LogP contribution < -0.4 is 29.2 Å². The maximum Gasteiger partial charge on any atom is 0.281 e. The number of carbonyl (C=O) groups is 2. The summed E-state index contributed by atoms with van der Waals surface area (Å²) in [5.74, 6) is -0.657. The molecule has 0 aromatic heterocycles. The minimum Gasteiger partial charge on any atom is -0.506 e. The first-order valence-corrected chi connectivity index (χ1v) is 26.6. The van der Waals surface area contributed by atoms with Crippen molar-refractivity contribution in [2.24, 2.45) is 15.3 Å². The van der Waals surface area contributed by atoms with Crippen molar-refractivity contribution in [3.05, 3.63) is 138 Å². The lowest BCUT2D eigenvalue weighted by Gasteiger charge is -2.30. The number of unbranched alkanes of at least 4 members (excludes halogenated alkanes) is 1. The molecule has 0 saturated heterocycles. The van der Waals surface area contributed by atoms with Crippen molar-refractivity contribution in [1.29, 1.82) is 5.26 Å². The normalized spacial score (nSPS) is 14.2. The molecule has 2 amide bonds. The van der Waals surface area contributed by atoms with E-state index in [9.17, 15) is 36.8 Å². The monoisotopic (exact) mass is 1030 g/mol. The Morgan fingerprint density at radius 3 is 2.16 bits per heavy atom. The van der Waals surface area contributed by atoms with Gasteiger partial charge in [0.15, 0.2) is 5.71 Å². The van der Waals surface area contributed by atoms with E-state index in [0.717, 1.165) is 41.3 Å². The number of aromatic hydroxyl groups is 1. The lowest BCUT2D eigenvalue weighted by Crippen LogP contribution is -2.30. The number of fused-ring (bicyclic) bond motifs is 1. The number of nitriles is 1. The molecule has 73 heavy (non-hydrogen) atoms. The Balaban J connectivity index is 1.03. The summed E-state index contributed by atoms with van der Waals surface area (Å²) in [5.41, 5.74) is 2.17. The fraction of sp³-hybridized carbons (Fsp3) is 0.296. The van der Waals surface area contributed by atoms with Crippen LogP contribution in [0.1, 0.15) is 88.7 Å². The van der Waals surface area contributed by atoms with E-state index in [1.165, 1.54) is 49.1 Å². The second-order valence-electron chi connectivity index (χ2n) is 18.6. The van der Waals surface area contributed by atoms with Crippen LogP contribution in [0.2, 0.25) is 0 Å². The summed E-state index contributed by atoms with van der Waals surface area (Å²) >= 11 is 0. The Labute approximate surface area is 426 Å². The van der Waals surface area contributed by atoms with E-state index in [1.807, 2.05) is 6.07 Å². The molecule has 0 saturated carbocycles. The van der Waals surface area contributed by atoms with E-state index < -0.39 is 37.9 Å². The van der Waals surface area contributed by atoms with Crippen LogP contribution in [0.25, 0.3) is 10.8 Å². The zero-order chi connectivity index (χ0) is 52.7. The number of nitrogens with one attached hydrogen (secondary N) is 3. The topological polar surface area (TPSA) is 241 Å². The van der Waals surface area contributed by atoms with Gasteiger partial charge in [0.05, 0.1) is 46.1 Å². The van der Waals surface area contributed by atoms with Crippen LogP contribution in [0.3, 0.4) is 0 Å². The maximum absolute atomic E-state index is 14.1. The van der Waals surface area contributed by atoms with Gasteiger partial charge in [0, 0.05) is 22.9 Å². The van der Waals surface area contributed by atoms with Gasteiger partial charge >= 0.3 is 0 Å². The fourth-order valence-electron chi connectivity index (χ4n) is 7.89. The molecule has 7 rings (SSSR count). The zero-order valence-corrected chi connectivity index (χ0v) is 43.3. The molecule has 0 radical (unpaired) electrons. The van der Waals surface area contributed by atoms with Gasteiger partial charge in [-0.25, -0.2) is 16.8 Å². The first-order chi connectivity index (χ1) is 34.7. The molecule has 0 bridgehead atoms. The smallest absolute Gasteiger partial charge is 0.281 e. The molecular weight excluding hydrogens is 969 g/mol. The van der Waals surface area contributed by atoms with Crippen molar-refractivity contribution >= 4 is 71.1 Å². The zero-order valence-electron chi connectivity index (χ0n) is 41.6. The molecule has 17 nitrogen and oxygen atoms in total. The minimum atomic E-state index is -4.46. The standard InChI is InChI=1S/C54H58N8O9S2/c1-8-53(3,4)35-24-26-47(43(30-35)54(5,6)9-2)71-29-16-15-28-56-51(64)42-33-44(40-22-13-14-23-41(40)50(42)63)61-73(68,69)38-21-17-18-36(31-38)60-72(66,67)39-25-27-48(70-7)45(32-39)57-58-49-46(34-55)59-62(52(49)65)37-19-11-10-12-20-37/h10-14,17-27,30-33,49,60-61,63H,8-9,15-16,28-29H2,1-7H3,(H,56,64). The molecule has 380 valence electrons. The number of rotatable bonds is 21. The van der Waals surface area contributed by atoms with Crippen LogP contribution >= 0.6 is 0 Å². The number of benzene rings is 6. The summed E-state index contributed by atoms with van der Waals surface area (Å²) in [6.45, 7) is 13.9. The third-order valence-electron chi connectivity index (χ3n) is 13.0. The number of amides is 2. The van der Waals surface area contributed by atoms with Crippen molar-refractivity contribution in [3.8, 4) is 23.3 Å². The van der Waals surface area contributed by atoms with Crippen molar-refractivity contribution in [1.82, 2.24) is 5.32 Å². The van der Waals surface area contributed by atoms with E-state index >= 15 is 0 Å².